The average molecular weight is 253 g/mol. The zero-order valence-electron chi connectivity index (χ0n) is 9.49. The number of rotatable bonds is 2. The third-order valence-electron chi connectivity index (χ3n) is 2.66. The third kappa shape index (κ3) is 2.32. The molecule has 0 atom stereocenters. The molecular weight excluding hydrogens is 244 g/mol. The molecule has 0 fully saturated rings. The van der Waals surface area contributed by atoms with E-state index < -0.39 is 18.4 Å². The summed E-state index contributed by atoms with van der Waals surface area (Å²) in [6.07, 6.45) is 0. The maximum Gasteiger partial charge on any atom is 0.509 e. The molecule has 0 aliphatic heterocycles. The molecule has 0 heterocycles. The fraction of sp³-hybridized carbons (Fsp3) is 0.0833. The van der Waals surface area contributed by atoms with Gasteiger partial charge in [0.05, 0.1) is 12.7 Å². The van der Waals surface area contributed by atoms with Crippen LogP contribution in [-0.4, -0.2) is 20.1 Å². The Morgan fingerprint density at radius 3 is 2.28 bits per heavy atom. The molecule has 94 valence electrons. The fourth-order valence-corrected chi connectivity index (χ4v) is 1.71. The zero-order chi connectivity index (χ0) is 13.3. The van der Waals surface area contributed by atoms with E-state index in [1.165, 1.54) is 31.4 Å². The van der Waals surface area contributed by atoms with Crippen molar-refractivity contribution in [2.75, 3.05) is 7.11 Å². The molecule has 2 aromatic rings. The molecule has 0 spiro atoms. The number of ether oxygens (including phenoxy) is 1. The largest absolute Gasteiger partial charge is 0.509 e. The van der Waals surface area contributed by atoms with E-state index in [4.69, 9.17) is 0 Å². The monoisotopic (exact) mass is 253 g/mol. The van der Waals surface area contributed by atoms with Crippen LogP contribution in [-0.2, 0) is 4.74 Å². The van der Waals surface area contributed by atoms with Gasteiger partial charge in [-0.3, -0.25) is 0 Å². The quantitative estimate of drug-likeness (QED) is 0.607. The Hall–Kier alpha value is -1.98. The molecule has 2 nitrogen and oxygen atoms in total. The third-order valence-corrected chi connectivity index (χ3v) is 2.66. The molecule has 0 saturated heterocycles. The Balaban J connectivity index is 2.52. The summed E-state index contributed by atoms with van der Waals surface area (Å²) in [5.74, 6) is -0.513. The number of benzene rings is 2. The number of hydrogen-bond acceptors (Lipinski definition) is 2. The van der Waals surface area contributed by atoms with Crippen LogP contribution in [0.15, 0.2) is 36.4 Å². The van der Waals surface area contributed by atoms with Gasteiger partial charge in [0.2, 0.25) is 0 Å². The van der Waals surface area contributed by atoms with Crippen molar-refractivity contribution >= 4 is 29.2 Å². The molecular formula is C12H9BF3O2-. The molecule has 0 amide bonds. The van der Waals surface area contributed by atoms with Gasteiger partial charge in [-0.05, 0) is 22.9 Å². The number of halogens is 3. The zero-order valence-corrected chi connectivity index (χ0v) is 9.49. The molecule has 6 heteroatoms. The first-order chi connectivity index (χ1) is 8.41. The fourth-order valence-electron chi connectivity index (χ4n) is 1.71. The second kappa shape index (κ2) is 4.36. The predicted molar refractivity (Wildman–Crippen MR) is 64.0 cm³/mol. The molecule has 18 heavy (non-hydrogen) atoms. The molecule has 0 radical (unpaired) electrons. The Morgan fingerprint density at radius 2 is 1.67 bits per heavy atom. The first kappa shape index (κ1) is 12.5. The smallest absolute Gasteiger partial charge is 0.465 e. The van der Waals surface area contributed by atoms with Gasteiger partial charge in [0.1, 0.15) is 0 Å². The molecule has 0 N–H and O–H groups in total. The number of fused-ring (bicyclic) bond motifs is 1. The summed E-state index contributed by atoms with van der Waals surface area (Å²) in [7, 11) is 1.25. The van der Waals surface area contributed by atoms with Crippen molar-refractivity contribution in [3.63, 3.8) is 0 Å². The maximum absolute atomic E-state index is 12.6. The molecule has 0 unspecified atom stereocenters. The highest BCUT2D eigenvalue weighted by Gasteiger charge is 2.25. The molecule has 0 saturated carbocycles. The van der Waals surface area contributed by atoms with E-state index in [9.17, 15) is 17.7 Å². The lowest BCUT2D eigenvalue weighted by Crippen LogP contribution is -2.33. The molecule has 0 aliphatic rings. The van der Waals surface area contributed by atoms with Gasteiger partial charge in [0.25, 0.3) is 0 Å². The van der Waals surface area contributed by atoms with Crippen LogP contribution < -0.4 is 5.46 Å². The van der Waals surface area contributed by atoms with Crippen molar-refractivity contribution in [1.82, 2.24) is 0 Å². The van der Waals surface area contributed by atoms with Crippen molar-refractivity contribution < 1.29 is 22.5 Å². The minimum absolute atomic E-state index is 0.315. The van der Waals surface area contributed by atoms with Gasteiger partial charge < -0.3 is 17.7 Å². The van der Waals surface area contributed by atoms with Crippen LogP contribution in [0.25, 0.3) is 10.8 Å². The summed E-state index contributed by atoms with van der Waals surface area (Å²) >= 11 is 0. The summed E-state index contributed by atoms with van der Waals surface area (Å²) in [6, 6.07) is 7.88. The Morgan fingerprint density at radius 1 is 1.06 bits per heavy atom. The van der Waals surface area contributed by atoms with E-state index in [-0.39, 0.29) is 0 Å². The molecule has 0 aliphatic carbocycles. The van der Waals surface area contributed by atoms with Crippen LogP contribution in [0.1, 0.15) is 10.4 Å². The summed E-state index contributed by atoms with van der Waals surface area (Å²) in [5, 5.41) is 1.01. The molecule has 0 bridgehead atoms. The van der Waals surface area contributed by atoms with Gasteiger partial charge in [-0.1, -0.05) is 24.3 Å². The summed E-state index contributed by atoms with van der Waals surface area (Å²) in [5.41, 5.74) is -0.330. The van der Waals surface area contributed by atoms with Crippen LogP contribution >= 0.6 is 0 Å². The summed E-state index contributed by atoms with van der Waals surface area (Å²) in [4.78, 5) is 11.3. The minimum atomic E-state index is -5.00. The standard InChI is InChI=1S/C12H9BF3O2/c1-18-12(17)10-3-2-9-7-11(13(14,15)16)5-4-8(9)6-10/h2-7H,1H3/q-1. The van der Waals surface area contributed by atoms with Gasteiger partial charge in [-0.25, -0.2) is 4.79 Å². The first-order valence-electron chi connectivity index (χ1n) is 5.24. The van der Waals surface area contributed by atoms with E-state index in [2.05, 4.69) is 4.74 Å². The first-order valence-corrected chi connectivity index (χ1v) is 5.24. The second-order valence-corrected chi connectivity index (χ2v) is 3.89. The molecule has 0 aromatic heterocycles. The van der Waals surface area contributed by atoms with E-state index in [0.29, 0.717) is 16.3 Å². The van der Waals surface area contributed by atoms with Crippen molar-refractivity contribution in [3.8, 4) is 0 Å². The highest BCUT2D eigenvalue weighted by atomic mass is 19.4. The molecule has 2 rings (SSSR count). The van der Waals surface area contributed by atoms with Gasteiger partial charge in [-0.15, -0.1) is 5.46 Å². The Kier molecular flexibility index (Phi) is 3.03. The van der Waals surface area contributed by atoms with E-state index in [1.54, 1.807) is 0 Å². The lowest BCUT2D eigenvalue weighted by Gasteiger charge is -2.15. The lowest BCUT2D eigenvalue weighted by molar-refractivity contribution is 0.0601. The van der Waals surface area contributed by atoms with Gasteiger partial charge in [0, 0.05) is 0 Å². The number of carbonyl (C=O) groups is 1. The van der Waals surface area contributed by atoms with E-state index >= 15 is 0 Å². The van der Waals surface area contributed by atoms with E-state index in [0.717, 1.165) is 12.1 Å². The Labute approximate surface area is 101 Å². The number of esters is 1. The predicted octanol–water partition coefficient (Wildman–Crippen LogP) is 2.68. The van der Waals surface area contributed by atoms with Crippen LogP contribution in [0.2, 0.25) is 0 Å². The van der Waals surface area contributed by atoms with Crippen LogP contribution in [0, 0.1) is 0 Å². The summed E-state index contributed by atoms with van der Waals surface area (Å²) < 4.78 is 42.2. The van der Waals surface area contributed by atoms with E-state index in [1.807, 2.05) is 0 Å². The lowest BCUT2D eigenvalue weighted by atomic mass is 9.79. The van der Waals surface area contributed by atoms with Crippen molar-refractivity contribution in [1.29, 1.82) is 0 Å². The molecule has 2 aromatic carbocycles. The van der Waals surface area contributed by atoms with Gasteiger partial charge >= 0.3 is 12.9 Å². The van der Waals surface area contributed by atoms with Crippen LogP contribution in [0.5, 0.6) is 0 Å². The Bertz CT molecular complexity index is 608. The number of hydrogen-bond donors (Lipinski definition) is 0. The average Bonchev–Trinajstić information content (AvgIpc) is 2.35. The SMILES string of the molecule is COC(=O)c1ccc2cc([B-](F)(F)F)ccc2c1. The van der Waals surface area contributed by atoms with Gasteiger partial charge in [0.15, 0.2) is 0 Å². The number of methoxy groups -OCH3 is 1. The number of carbonyl (C=O) groups excluding carboxylic acids is 1. The van der Waals surface area contributed by atoms with Crippen LogP contribution in [0.4, 0.5) is 12.9 Å². The topological polar surface area (TPSA) is 26.3 Å². The van der Waals surface area contributed by atoms with Crippen molar-refractivity contribution in [2.45, 2.75) is 0 Å². The highest BCUT2D eigenvalue weighted by molar-refractivity contribution is 6.73. The van der Waals surface area contributed by atoms with Crippen LogP contribution in [0.3, 0.4) is 0 Å². The van der Waals surface area contributed by atoms with Gasteiger partial charge in [-0.2, -0.15) is 0 Å². The second-order valence-electron chi connectivity index (χ2n) is 3.89. The highest BCUT2D eigenvalue weighted by Crippen LogP contribution is 2.18. The van der Waals surface area contributed by atoms with Crippen molar-refractivity contribution in [3.05, 3.63) is 42.0 Å². The van der Waals surface area contributed by atoms with Crippen molar-refractivity contribution in [2.24, 2.45) is 0 Å². The minimum Gasteiger partial charge on any atom is -0.465 e. The summed E-state index contributed by atoms with van der Waals surface area (Å²) in [6.45, 7) is -5.00. The normalized spacial score (nSPS) is 11.6. The maximum atomic E-state index is 12.6.